The molecule has 0 unspecified atom stereocenters. The zero-order valence-electron chi connectivity index (χ0n) is 9.53. The van der Waals surface area contributed by atoms with E-state index in [0.29, 0.717) is 19.6 Å². The lowest BCUT2D eigenvalue weighted by atomic mass is 9.87. The van der Waals surface area contributed by atoms with Crippen molar-refractivity contribution in [1.29, 1.82) is 0 Å². The third-order valence-electron chi connectivity index (χ3n) is 3.45. The summed E-state index contributed by atoms with van der Waals surface area (Å²) in [6.07, 6.45) is 2.26. The monoisotopic (exact) mass is 235 g/mol. The summed E-state index contributed by atoms with van der Waals surface area (Å²) in [5, 5.41) is -0.207. The summed E-state index contributed by atoms with van der Waals surface area (Å²) >= 11 is 0. The van der Waals surface area contributed by atoms with E-state index in [1.807, 2.05) is 0 Å². The summed E-state index contributed by atoms with van der Waals surface area (Å²) in [5.74, 6) is 0.227. The zero-order chi connectivity index (χ0) is 11.5. The number of rotatable bonds is 5. The van der Waals surface area contributed by atoms with Crippen LogP contribution in [-0.4, -0.2) is 39.7 Å². The van der Waals surface area contributed by atoms with Crippen molar-refractivity contribution < 1.29 is 13.2 Å². The molecule has 0 aromatic rings. The van der Waals surface area contributed by atoms with E-state index in [4.69, 9.17) is 10.5 Å². The first kappa shape index (κ1) is 12.9. The van der Waals surface area contributed by atoms with Crippen LogP contribution in [-0.2, 0) is 14.6 Å². The maximum Gasteiger partial charge on any atom is 0.152 e. The Morgan fingerprint density at radius 2 is 2.20 bits per heavy atom. The third-order valence-corrected chi connectivity index (χ3v) is 5.67. The van der Waals surface area contributed by atoms with Gasteiger partial charge in [-0.2, -0.15) is 0 Å². The topological polar surface area (TPSA) is 69.4 Å². The minimum atomic E-state index is -2.91. The van der Waals surface area contributed by atoms with Crippen LogP contribution < -0.4 is 5.73 Å². The van der Waals surface area contributed by atoms with Crippen molar-refractivity contribution in [3.05, 3.63) is 0 Å². The van der Waals surface area contributed by atoms with E-state index >= 15 is 0 Å². The first-order valence-electron chi connectivity index (χ1n) is 5.40. The van der Waals surface area contributed by atoms with E-state index in [-0.39, 0.29) is 16.4 Å². The van der Waals surface area contributed by atoms with Crippen molar-refractivity contribution in [3.8, 4) is 0 Å². The average Bonchev–Trinajstić information content (AvgIpc) is 2.64. The van der Waals surface area contributed by atoms with Gasteiger partial charge in [-0.05, 0) is 19.3 Å². The second-order valence-corrected chi connectivity index (χ2v) is 7.02. The quantitative estimate of drug-likeness (QED) is 0.756. The predicted octanol–water partition coefficient (Wildman–Crippen LogP) is 0.565. The highest BCUT2D eigenvalue weighted by atomic mass is 32.2. The average molecular weight is 235 g/mol. The van der Waals surface area contributed by atoms with E-state index in [2.05, 4.69) is 0 Å². The van der Waals surface area contributed by atoms with Crippen LogP contribution in [0.5, 0.6) is 0 Å². The highest BCUT2D eigenvalue weighted by Crippen LogP contribution is 2.40. The van der Waals surface area contributed by atoms with Crippen molar-refractivity contribution in [2.45, 2.75) is 31.4 Å². The number of hydrogen-bond donors (Lipinski definition) is 1. The molecule has 1 rings (SSSR count). The molecule has 1 aliphatic carbocycles. The van der Waals surface area contributed by atoms with Crippen molar-refractivity contribution in [2.75, 3.05) is 26.0 Å². The molecule has 2 atom stereocenters. The van der Waals surface area contributed by atoms with Crippen LogP contribution in [0.4, 0.5) is 0 Å². The molecule has 0 saturated heterocycles. The molecule has 90 valence electrons. The van der Waals surface area contributed by atoms with Crippen molar-refractivity contribution in [2.24, 2.45) is 11.1 Å². The van der Waals surface area contributed by atoms with Gasteiger partial charge >= 0.3 is 0 Å². The van der Waals surface area contributed by atoms with E-state index in [1.54, 1.807) is 14.0 Å². The fourth-order valence-corrected chi connectivity index (χ4v) is 3.93. The summed E-state index contributed by atoms with van der Waals surface area (Å²) in [6, 6.07) is 0. The number of ether oxygens (including phenoxy) is 1. The Morgan fingerprint density at radius 3 is 2.67 bits per heavy atom. The molecule has 0 aliphatic heterocycles. The molecule has 1 saturated carbocycles. The molecule has 5 heteroatoms. The Morgan fingerprint density at radius 1 is 1.53 bits per heavy atom. The van der Waals surface area contributed by atoms with Gasteiger partial charge < -0.3 is 10.5 Å². The molecule has 1 fully saturated rings. The van der Waals surface area contributed by atoms with Gasteiger partial charge in [-0.15, -0.1) is 0 Å². The van der Waals surface area contributed by atoms with Gasteiger partial charge in [0.05, 0.1) is 11.9 Å². The molecule has 0 spiro atoms. The van der Waals surface area contributed by atoms with E-state index in [0.717, 1.165) is 12.8 Å². The summed E-state index contributed by atoms with van der Waals surface area (Å²) < 4.78 is 28.6. The van der Waals surface area contributed by atoms with Crippen LogP contribution in [0.3, 0.4) is 0 Å². The van der Waals surface area contributed by atoms with Crippen LogP contribution in [0.15, 0.2) is 0 Å². The lowest BCUT2D eigenvalue weighted by Gasteiger charge is -2.26. The molecule has 1 aliphatic rings. The maximum absolute atomic E-state index is 11.7. The minimum absolute atomic E-state index is 0.109. The molecule has 0 aromatic heterocycles. The van der Waals surface area contributed by atoms with Crippen molar-refractivity contribution >= 4 is 9.84 Å². The van der Waals surface area contributed by atoms with Crippen LogP contribution in [0.2, 0.25) is 0 Å². The van der Waals surface area contributed by atoms with Crippen LogP contribution in [0.1, 0.15) is 26.2 Å². The fraction of sp³-hybridized carbons (Fsp3) is 1.00. The van der Waals surface area contributed by atoms with E-state index < -0.39 is 9.84 Å². The molecular weight excluding hydrogens is 214 g/mol. The molecule has 0 bridgehead atoms. The van der Waals surface area contributed by atoms with Crippen molar-refractivity contribution in [1.82, 2.24) is 0 Å². The molecule has 0 radical (unpaired) electrons. The SMILES string of the molecule is CCS(=O)(=O)[C@H]1CC[C@@](CN)(COC)C1. The first-order valence-corrected chi connectivity index (χ1v) is 7.12. The molecule has 2 N–H and O–H groups in total. The summed E-state index contributed by atoms with van der Waals surface area (Å²) in [5.41, 5.74) is 5.62. The highest BCUT2D eigenvalue weighted by Gasteiger charge is 2.42. The first-order chi connectivity index (χ1) is 6.99. The number of methoxy groups -OCH3 is 1. The van der Waals surface area contributed by atoms with Gasteiger partial charge in [-0.25, -0.2) is 8.42 Å². The Kier molecular flexibility index (Phi) is 4.14. The lowest BCUT2D eigenvalue weighted by Crippen LogP contribution is -2.34. The smallest absolute Gasteiger partial charge is 0.152 e. The normalized spacial score (nSPS) is 32.1. The van der Waals surface area contributed by atoms with Gasteiger partial charge in [-0.1, -0.05) is 6.92 Å². The van der Waals surface area contributed by atoms with Gasteiger partial charge in [0.1, 0.15) is 0 Å². The maximum atomic E-state index is 11.7. The second-order valence-electron chi connectivity index (χ2n) is 4.45. The van der Waals surface area contributed by atoms with Gasteiger partial charge in [0.2, 0.25) is 0 Å². The van der Waals surface area contributed by atoms with Gasteiger partial charge in [0.25, 0.3) is 0 Å². The molecule has 0 amide bonds. The third kappa shape index (κ3) is 2.71. The van der Waals surface area contributed by atoms with E-state index in [1.165, 1.54) is 0 Å². The summed E-state index contributed by atoms with van der Waals surface area (Å²) in [4.78, 5) is 0. The Balaban J connectivity index is 2.73. The standard InChI is InChI=1S/C10H21NO3S/c1-3-15(12,13)9-4-5-10(6-9,7-11)8-14-2/h9H,3-8,11H2,1-2H3/t9-,10+/m0/s1. The van der Waals surface area contributed by atoms with Crippen LogP contribution in [0.25, 0.3) is 0 Å². The number of sulfone groups is 1. The van der Waals surface area contributed by atoms with Gasteiger partial charge in [-0.3, -0.25) is 0 Å². The van der Waals surface area contributed by atoms with Crippen LogP contribution in [0, 0.1) is 5.41 Å². The minimum Gasteiger partial charge on any atom is -0.384 e. The zero-order valence-corrected chi connectivity index (χ0v) is 10.3. The molecule has 15 heavy (non-hydrogen) atoms. The second kappa shape index (κ2) is 4.80. The number of hydrogen-bond acceptors (Lipinski definition) is 4. The summed E-state index contributed by atoms with van der Waals surface area (Å²) in [7, 11) is -1.27. The predicted molar refractivity (Wildman–Crippen MR) is 60.5 cm³/mol. The molecule has 0 aromatic carbocycles. The fourth-order valence-electron chi connectivity index (χ4n) is 2.38. The van der Waals surface area contributed by atoms with Gasteiger partial charge in [0.15, 0.2) is 9.84 Å². The van der Waals surface area contributed by atoms with Crippen molar-refractivity contribution in [3.63, 3.8) is 0 Å². The summed E-state index contributed by atoms with van der Waals surface area (Å²) in [6.45, 7) is 2.78. The highest BCUT2D eigenvalue weighted by molar-refractivity contribution is 7.92. The molecular formula is C10H21NO3S. The Labute approximate surface area is 92.1 Å². The van der Waals surface area contributed by atoms with E-state index in [9.17, 15) is 8.42 Å². The largest absolute Gasteiger partial charge is 0.384 e. The number of nitrogens with two attached hydrogens (primary N) is 1. The molecule has 4 nitrogen and oxygen atoms in total. The Bertz CT molecular complexity index is 302. The Hall–Kier alpha value is -0.130. The van der Waals surface area contributed by atoms with Crippen LogP contribution >= 0.6 is 0 Å². The molecule has 0 heterocycles. The van der Waals surface area contributed by atoms with Gasteiger partial charge in [0, 0.05) is 24.8 Å². The lowest BCUT2D eigenvalue weighted by molar-refractivity contribution is 0.0895.